The maximum atomic E-state index is 13.6. The van der Waals surface area contributed by atoms with Crippen molar-refractivity contribution in [2.24, 2.45) is 17.3 Å². The topological polar surface area (TPSA) is 133 Å². The van der Waals surface area contributed by atoms with Gasteiger partial charge in [-0.05, 0) is 62.4 Å². The van der Waals surface area contributed by atoms with Crippen LogP contribution in [0, 0.1) is 24.2 Å². The molecule has 1 fully saturated rings. The van der Waals surface area contributed by atoms with E-state index in [0.717, 1.165) is 11.1 Å². The van der Waals surface area contributed by atoms with Crippen molar-refractivity contribution in [1.82, 2.24) is 10.6 Å². The van der Waals surface area contributed by atoms with Crippen molar-refractivity contribution in [1.29, 1.82) is 0 Å². The maximum absolute atomic E-state index is 13.6. The molecule has 0 bridgehead atoms. The zero-order valence-corrected chi connectivity index (χ0v) is 29.5. The van der Waals surface area contributed by atoms with Crippen molar-refractivity contribution >= 4 is 35.4 Å². The first-order valence-electron chi connectivity index (χ1n) is 16.4. The highest BCUT2D eigenvalue weighted by Crippen LogP contribution is 2.45. The summed E-state index contributed by atoms with van der Waals surface area (Å²) in [7, 11) is 1.51. The lowest BCUT2D eigenvalue weighted by molar-refractivity contribution is -0.179. The molecule has 0 aliphatic carbocycles. The number of amides is 2. The summed E-state index contributed by atoms with van der Waals surface area (Å²) in [6.45, 7) is 11.0. The van der Waals surface area contributed by atoms with Crippen LogP contribution < -0.4 is 15.4 Å². The Balaban J connectivity index is 1.61. The molecule has 260 valence electrons. The normalized spacial score (nSPS) is 26.5. The molecule has 10 nitrogen and oxygen atoms in total. The molecule has 2 aromatic rings. The highest BCUT2D eigenvalue weighted by atomic mass is 35.5. The van der Waals surface area contributed by atoms with Gasteiger partial charge < -0.3 is 29.6 Å². The van der Waals surface area contributed by atoms with E-state index in [-0.39, 0.29) is 49.9 Å². The summed E-state index contributed by atoms with van der Waals surface area (Å²) in [4.78, 5) is 53.7. The molecule has 2 heterocycles. The third kappa shape index (κ3) is 9.82. The summed E-state index contributed by atoms with van der Waals surface area (Å²) < 4.78 is 23.1. The number of hydrogen-bond donors (Lipinski definition) is 2. The van der Waals surface area contributed by atoms with Crippen LogP contribution in [0.3, 0.4) is 0 Å². The smallest absolute Gasteiger partial charge is 0.347 e. The van der Waals surface area contributed by atoms with Crippen LogP contribution in [-0.2, 0) is 39.8 Å². The number of nitrogens with one attached hydrogen (secondary N) is 2. The van der Waals surface area contributed by atoms with Crippen molar-refractivity contribution in [2.75, 3.05) is 13.7 Å². The molecule has 2 aliphatic heterocycles. The van der Waals surface area contributed by atoms with Crippen molar-refractivity contribution in [2.45, 2.75) is 91.3 Å². The van der Waals surface area contributed by atoms with Crippen LogP contribution in [0.5, 0.6) is 5.75 Å². The Morgan fingerprint density at radius 3 is 2.38 bits per heavy atom. The second-order valence-corrected chi connectivity index (χ2v) is 14.2. The fraction of sp³-hybridized carbons (Fsp3) is 0.514. The Morgan fingerprint density at radius 2 is 1.73 bits per heavy atom. The molecule has 0 radical (unpaired) electrons. The van der Waals surface area contributed by atoms with Gasteiger partial charge in [0.15, 0.2) is 6.10 Å². The Hall–Kier alpha value is -3.89. The molecule has 48 heavy (non-hydrogen) atoms. The van der Waals surface area contributed by atoms with Crippen LogP contribution in [0.25, 0.3) is 0 Å². The molecule has 2 amide bonds. The van der Waals surface area contributed by atoms with Gasteiger partial charge in [-0.3, -0.25) is 14.4 Å². The van der Waals surface area contributed by atoms with Crippen molar-refractivity contribution in [3.05, 3.63) is 76.3 Å². The molecular weight excluding hydrogens is 636 g/mol. The molecule has 11 heteroatoms. The first-order valence-corrected chi connectivity index (χ1v) is 16.8. The third-order valence-electron chi connectivity index (χ3n) is 8.69. The molecule has 0 unspecified atom stereocenters. The molecule has 2 aromatic carbocycles. The monoisotopic (exact) mass is 682 g/mol. The van der Waals surface area contributed by atoms with Crippen LogP contribution >= 0.6 is 11.6 Å². The van der Waals surface area contributed by atoms with E-state index in [1.54, 1.807) is 38.1 Å². The summed E-state index contributed by atoms with van der Waals surface area (Å²) in [5, 5.41) is 5.92. The van der Waals surface area contributed by atoms with Gasteiger partial charge in [0, 0.05) is 25.3 Å². The minimum absolute atomic E-state index is 0.0214. The third-order valence-corrected chi connectivity index (χ3v) is 8.98. The molecule has 4 rings (SSSR count). The van der Waals surface area contributed by atoms with Gasteiger partial charge in [0.2, 0.25) is 11.8 Å². The van der Waals surface area contributed by atoms with Gasteiger partial charge in [-0.2, -0.15) is 0 Å². The molecular formula is C37H47ClN2O8. The standard InChI is InChI=1S/C37H47ClN2O8/c1-21(2)17-30-35(43)46-28(23(4)32-33(48-32)25-14-11-22(3)12-15-25)9-8-10-31(41)40-27(19-24-13-16-29(45-7)26(38)18-24)34(42)39-20-37(5,6)36(44)47-30/h8,10-16,18,21,23,27-28,30,32-33H,9,17,19-20H2,1-7H3,(H,39,42)(H,40,41)/b10-8+/t23-,27+,28-,30-,32+,33+/m0/s1. The van der Waals surface area contributed by atoms with Gasteiger partial charge in [0.25, 0.3) is 0 Å². The van der Waals surface area contributed by atoms with Crippen LogP contribution in [0.15, 0.2) is 54.6 Å². The van der Waals surface area contributed by atoms with E-state index >= 15 is 0 Å². The fourth-order valence-corrected chi connectivity index (χ4v) is 5.86. The molecule has 6 atom stereocenters. The average molecular weight is 683 g/mol. The Kier molecular flexibility index (Phi) is 12.3. The number of carbonyl (C=O) groups excluding carboxylic acids is 4. The van der Waals surface area contributed by atoms with Crippen molar-refractivity contribution in [3.8, 4) is 5.75 Å². The number of ether oxygens (including phenoxy) is 4. The van der Waals surface area contributed by atoms with Crippen LogP contribution in [0.4, 0.5) is 0 Å². The number of methoxy groups -OCH3 is 1. The molecule has 0 aromatic heterocycles. The first kappa shape index (κ1) is 36.9. The summed E-state index contributed by atoms with van der Waals surface area (Å²) in [5.74, 6) is -2.06. The van der Waals surface area contributed by atoms with E-state index < -0.39 is 47.4 Å². The Labute approximate surface area is 287 Å². The minimum Gasteiger partial charge on any atom is -0.495 e. The van der Waals surface area contributed by atoms with Gasteiger partial charge >= 0.3 is 11.9 Å². The van der Waals surface area contributed by atoms with Gasteiger partial charge in [-0.25, -0.2) is 4.79 Å². The van der Waals surface area contributed by atoms with E-state index in [1.165, 1.54) is 13.2 Å². The van der Waals surface area contributed by atoms with Crippen LogP contribution in [0.2, 0.25) is 5.02 Å². The number of cyclic esters (lactones) is 2. The highest BCUT2D eigenvalue weighted by Gasteiger charge is 2.48. The number of esters is 2. The highest BCUT2D eigenvalue weighted by molar-refractivity contribution is 6.32. The SMILES string of the molecule is COc1ccc(C[C@H]2NC(=O)/C=C/C[C@@H]([C@H](C)[C@H]3O[C@@H]3c3ccc(C)cc3)OC(=O)[C@H](CC(C)C)OC(=O)C(C)(C)CNC2=O)cc1Cl. The molecule has 2 aliphatic rings. The zero-order valence-electron chi connectivity index (χ0n) is 28.7. The van der Waals surface area contributed by atoms with Gasteiger partial charge in [-0.15, -0.1) is 0 Å². The summed E-state index contributed by atoms with van der Waals surface area (Å²) in [6, 6.07) is 12.2. The number of hydrogen-bond acceptors (Lipinski definition) is 8. The fourth-order valence-electron chi connectivity index (χ4n) is 5.58. The van der Waals surface area contributed by atoms with E-state index in [2.05, 4.69) is 10.6 Å². The molecule has 2 N–H and O–H groups in total. The summed E-state index contributed by atoms with van der Waals surface area (Å²) in [6.07, 6.45) is 1.33. The quantitative estimate of drug-likeness (QED) is 0.278. The molecule has 0 saturated carbocycles. The lowest BCUT2D eigenvalue weighted by Crippen LogP contribution is -2.51. The number of aryl methyl sites for hydroxylation is 1. The lowest BCUT2D eigenvalue weighted by Gasteiger charge is -2.29. The Morgan fingerprint density at radius 1 is 1.02 bits per heavy atom. The number of benzene rings is 2. The zero-order chi connectivity index (χ0) is 35.2. The summed E-state index contributed by atoms with van der Waals surface area (Å²) >= 11 is 6.32. The van der Waals surface area contributed by atoms with Gasteiger partial charge in [-0.1, -0.05) is 74.3 Å². The van der Waals surface area contributed by atoms with E-state index in [9.17, 15) is 19.2 Å². The second kappa shape index (κ2) is 16.0. The van der Waals surface area contributed by atoms with E-state index in [4.69, 9.17) is 30.5 Å². The van der Waals surface area contributed by atoms with Gasteiger partial charge in [0.1, 0.15) is 24.0 Å². The Bertz CT molecular complexity index is 1510. The van der Waals surface area contributed by atoms with Crippen LogP contribution in [-0.4, -0.2) is 61.8 Å². The van der Waals surface area contributed by atoms with Crippen molar-refractivity contribution in [3.63, 3.8) is 0 Å². The van der Waals surface area contributed by atoms with Crippen molar-refractivity contribution < 1.29 is 38.1 Å². The molecule has 1 saturated heterocycles. The largest absolute Gasteiger partial charge is 0.495 e. The number of rotatable bonds is 8. The lowest BCUT2D eigenvalue weighted by atomic mass is 9.92. The number of epoxide rings is 1. The summed E-state index contributed by atoms with van der Waals surface area (Å²) in [5.41, 5.74) is 1.67. The van der Waals surface area contributed by atoms with Gasteiger partial charge in [0.05, 0.1) is 23.7 Å². The predicted molar refractivity (Wildman–Crippen MR) is 181 cm³/mol. The molecule has 0 spiro atoms. The minimum atomic E-state index is -1.20. The van der Waals surface area contributed by atoms with E-state index in [1.807, 2.05) is 52.0 Å². The number of halogens is 1. The second-order valence-electron chi connectivity index (χ2n) is 13.8. The van der Waals surface area contributed by atoms with Crippen LogP contribution in [0.1, 0.15) is 70.3 Å². The maximum Gasteiger partial charge on any atom is 0.347 e. The number of carbonyl (C=O) groups is 4. The first-order chi connectivity index (χ1) is 22.7. The average Bonchev–Trinajstić information content (AvgIpc) is 3.83. The predicted octanol–water partition coefficient (Wildman–Crippen LogP) is 5.43. The van der Waals surface area contributed by atoms with E-state index in [0.29, 0.717) is 16.3 Å².